The minimum absolute atomic E-state index is 0.309. The van der Waals surface area contributed by atoms with Crippen LogP contribution in [0.3, 0.4) is 0 Å². The highest BCUT2D eigenvalue weighted by atomic mass is 35.5. The number of rotatable bonds is 4. The van der Waals surface area contributed by atoms with Crippen LogP contribution < -0.4 is 5.43 Å². The first-order valence-electron chi connectivity index (χ1n) is 7.34. The molecule has 0 unspecified atom stereocenters. The second-order valence-electron chi connectivity index (χ2n) is 4.99. The van der Waals surface area contributed by atoms with E-state index < -0.39 is 0 Å². The van der Waals surface area contributed by atoms with E-state index >= 15 is 0 Å². The number of carbonyl (C=O) groups excluding carboxylic acids is 1. The summed E-state index contributed by atoms with van der Waals surface area (Å²) < 4.78 is 0. The van der Waals surface area contributed by atoms with Crippen LogP contribution in [0.1, 0.15) is 21.6 Å². The smallest absolute Gasteiger partial charge is 0.267 e. The molecule has 0 fully saturated rings. The quantitative estimate of drug-likeness (QED) is 0.580. The summed E-state index contributed by atoms with van der Waals surface area (Å²) in [6, 6.07) is 21.8. The Bertz CT molecular complexity index is 805. The van der Waals surface area contributed by atoms with Crippen LogP contribution in [0, 0.1) is 0 Å². The van der Waals surface area contributed by atoms with Gasteiger partial charge in [-0.1, -0.05) is 48.0 Å². The lowest BCUT2D eigenvalue weighted by atomic mass is 10.1. The van der Waals surface area contributed by atoms with Crippen LogP contribution in [0.2, 0.25) is 5.02 Å². The molecule has 1 amide bonds. The van der Waals surface area contributed by atoms with Gasteiger partial charge in [-0.25, -0.2) is 5.43 Å². The van der Waals surface area contributed by atoms with Crippen molar-refractivity contribution in [2.45, 2.75) is 0 Å². The number of benzene rings is 2. The maximum Gasteiger partial charge on any atom is 0.271 e. The van der Waals surface area contributed by atoms with Crippen LogP contribution in [0.25, 0.3) is 0 Å². The normalized spacial score (nSPS) is 11.1. The first kappa shape index (κ1) is 15.9. The zero-order chi connectivity index (χ0) is 16.8. The predicted molar refractivity (Wildman–Crippen MR) is 95.2 cm³/mol. The average molecular weight is 336 g/mol. The molecule has 0 aliphatic heterocycles. The minimum Gasteiger partial charge on any atom is -0.267 e. The van der Waals surface area contributed by atoms with E-state index in [1.165, 1.54) is 0 Å². The molecule has 0 saturated heterocycles. The fraction of sp³-hybridized carbons (Fsp3) is 0. The zero-order valence-electron chi connectivity index (χ0n) is 12.7. The van der Waals surface area contributed by atoms with E-state index in [2.05, 4.69) is 15.5 Å². The van der Waals surface area contributed by atoms with Crippen LogP contribution in [-0.4, -0.2) is 16.6 Å². The third-order valence-electron chi connectivity index (χ3n) is 3.33. The molecule has 0 radical (unpaired) electrons. The monoisotopic (exact) mass is 335 g/mol. The number of pyridine rings is 1. The molecule has 3 aromatic rings. The Morgan fingerprint density at radius 2 is 1.58 bits per heavy atom. The number of hydrogen-bond acceptors (Lipinski definition) is 3. The predicted octanol–water partition coefficient (Wildman–Crippen LogP) is 3.92. The van der Waals surface area contributed by atoms with Crippen molar-refractivity contribution in [3.8, 4) is 0 Å². The van der Waals surface area contributed by atoms with E-state index in [4.69, 9.17) is 11.6 Å². The van der Waals surface area contributed by atoms with Gasteiger partial charge in [0.05, 0.1) is 5.69 Å². The number of carbonyl (C=O) groups is 1. The molecule has 1 heterocycles. The standard InChI is InChI=1S/C19H14ClN3O/c20-16-11-9-15(10-12-16)19(24)23-22-18(14-6-2-1-3-7-14)17-8-4-5-13-21-17/h1-13H,(H,23,24)/b22-18-. The first-order chi connectivity index (χ1) is 11.7. The number of aromatic nitrogens is 1. The van der Waals surface area contributed by atoms with Crippen LogP contribution in [0.5, 0.6) is 0 Å². The van der Waals surface area contributed by atoms with Crippen molar-refractivity contribution in [1.82, 2.24) is 10.4 Å². The summed E-state index contributed by atoms with van der Waals surface area (Å²) in [5.41, 5.74) is 5.21. The zero-order valence-corrected chi connectivity index (χ0v) is 13.4. The van der Waals surface area contributed by atoms with Crippen LogP contribution in [0.4, 0.5) is 0 Å². The van der Waals surface area contributed by atoms with Gasteiger partial charge in [0, 0.05) is 22.3 Å². The molecule has 1 aromatic heterocycles. The number of halogens is 1. The molecule has 5 heteroatoms. The topological polar surface area (TPSA) is 54.4 Å². The summed E-state index contributed by atoms with van der Waals surface area (Å²) in [6.45, 7) is 0. The maximum absolute atomic E-state index is 12.2. The number of nitrogens with one attached hydrogen (secondary N) is 1. The highest BCUT2D eigenvalue weighted by molar-refractivity contribution is 6.30. The first-order valence-corrected chi connectivity index (χ1v) is 7.72. The Morgan fingerprint density at radius 3 is 2.25 bits per heavy atom. The molecule has 24 heavy (non-hydrogen) atoms. The minimum atomic E-state index is -0.309. The van der Waals surface area contributed by atoms with E-state index in [1.807, 2.05) is 48.5 Å². The molecule has 0 spiro atoms. The van der Waals surface area contributed by atoms with Gasteiger partial charge < -0.3 is 0 Å². The summed E-state index contributed by atoms with van der Waals surface area (Å²) in [4.78, 5) is 16.6. The van der Waals surface area contributed by atoms with E-state index in [-0.39, 0.29) is 5.91 Å². The van der Waals surface area contributed by atoms with Gasteiger partial charge in [0.15, 0.2) is 0 Å². The fourth-order valence-corrected chi connectivity index (χ4v) is 2.27. The van der Waals surface area contributed by atoms with Gasteiger partial charge in [0.2, 0.25) is 0 Å². The van der Waals surface area contributed by atoms with Crippen molar-refractivity contribution in [3.05, 3.63) is 101 Å². The van der Waals surface area contributed by atoms with Gasteiger partial charge in [-0.3, -0.25) is 9.78 Å². The fourth-order valence-electron chi connectivity index (χ4n) is 2.14. The lowest BCUT2D eigenvalue weighted by Crippen LogP contribution is -2.21. The van der Waals surface area contributed by atoms with Crippen LogP contribution in [-0.2, 0) is 0 Å². The molecule has 2 aromatic carbocycles. The summed E-state index contributed by atoms with van der Waals surface area (Å²) in [7, 11) is 0. The molecule has 0 atom stereocenters. The Labute approximate surface area is 144 Å². The van der Waals surface area contributed by atoms with Gasteiger partial charge in [0.1, 0.15) is 5.71 Å². The van der Waals surface area contributed by atoms with Gasteiger partial charge in [-0.05, 0) is 36.4 Å². The molecule has 0 saturated carbocycles. The SMILES string of the molecule is O=C(N/N=C(/c1ccccc1)c1ccccn1)c1ccc(Cl)cc1. The molecule has 3 rings (SSSR count). The van der Waals surface area contributed by atoms with Gasteiger partial charge in [-0.2, -0.15) is 5.10 Å². The lowest BCUT2D eigenvalue weighted by molar-refractivity contribution is 0.0955. The Morgan fingerprint density at radius 1 is 0.875 bits per heavy atom. The molecule has 1 N–H and O–H groups in total. The second kappa shape index (κ2) is 7.53. The van der Waals surface area contributed by atoms with Crippen molar-refractivity contribution in [1.29, 1.82) is 0 Å². The Hall–Kier alpha value is -2.98. The largest absolute Gasteiger partial charge is 0.271 e. The van der Waals surface area contributed by atoms with E-state index in [1.54, 1.807) is 30.5 Å². The van der Waals surface area contributed by atoms with E-state index in [0.29, 0.717) is 22.0 Å². The molecular formula is C19H14ClN3O. The lowest BCUT2D eigenvalue weighted by Gasteiger charge is -2.07. The molecular weight excluding hydrogens is 322 g/mol. The number of hydrazone groups is 1. The van der Waals surface area contributed by atoms with Crippen molar-refractivity contribution in [3.63, 3.8) is 0 Å². The molecule has 118 valence electrons. The van der Waals surface area contributed by atoms with Gasteiger partial charge in [0.25, 0.3) is 5.91 Å². The van der Waals surface area contributed by atoms with Crippen molar-refractivity contribution in [2.24, 2.45) is 5.10 Å². The third-order valence-corrected chi connectivity index (χ3v) is 3.58. The highest BCUT2D eigenvalue weighted by Gasteiger charge is 2.10. The molecule has 0 bridgehead atoms. The molecule has 4 nitrogen and oxygen atoms in total. The maximum atomic E-state index is 12.2. The summed E-state index contributed by atoms with van der Waals surface area (Å²) in [5, 5.41) is 4.86. The Balaban J connectivity index is 1.90. The Kier molecular flexibility index (Phi) is 4.99. The van der Waals surface area contributed by atoms with E-state index in [9.17, 15) is 4.79 Å². The third kappa shape index (κ3) is 3.86. The number of hydrogen-bond donors (Lipinski definition) is 1. The number of nitrogens with zero attached hydrogens (tertiary/aromatic N) is 2. The molecule has 0 aliphatic carbocycles. The summed E-state index contributed by atoms with van der Waals surface area (Å²) >= 11 is 5.84. The van der Waals surface area contributed by atoms with Crippen molar-refractivity contribution >= 4 is 23.2 Å². The second-order valence-corrected chi connectivity index (χ2v) is 5.43. The molecule has 0 aliphatic rings. The number of amides is 1. The summed E-state index contributed by atoms with van der Waals surface area (Å²) in [6.07, 6.45) is 1.69. The van der Waals surface area contributed by atoms with Gasteiger partial charge in [-0.15, -0.1) is 0 Å². The summed E-state index contributed by atoms with van der Waals surface area (Å²) in [5.74, 6) is -0.309. The van der Waals surface area contributed by atoms with Gasteiger partial charge >= 0.3 is 0 Å². The van der Waals surface area contributed by atoms with Crippen LogP contribution in [0.15, 0.2) is 84.1 Å². The highest BCUT2D eigenvalue weighted by Crippen LogP contribution is 2.10. The van der Waals surface area contributed by atoms with Crippen molar-refractivity contribution in [2.75, 3.05) is 0 Å². The van der Waals surface area contributed by atoms with Crippen LogP contribution >= 0.6 is 11.6 Å². The van der Waals surface area contributed by atoms with Crippen molar-refractivity contribution < 1.29 is 4.79 Å². The van der Waals surface area contributed by atoms with E-state index in [0.717, 1.165) is 5.56 Å². The average Bonchev–Trinajstić information content (AvgIpc) is 2.64.